The molecule has 0 radical (unpaired) electrons. The summed E-state index contributed by atoms with van der Waals surface area (Å²) >= 11 is 0. The van der Waals surface area contributed by atoms with Gasteiger partial charge in [-0.15, -0.1) is 0 Å². The predicted molar refractivity (Wildman–Crippen MR) is 83.4 cm³/mol. The quantitative estimate of drug-likeness (QED) is 0.696. The van der Waals surface area contributed by atoms with Gasteiger partial charge in [0.2, 0.25) is 0 Å². The van der Waals surface area contributed by atoms with Crippen LogP contribution in [-0.2, 0) is 6.54 Å². The van der Waals surface area contributed by atoms with Gasteiger partial charge in [0.05, 0.1) is 11.0 Å². The number of hydrogen-bond acceptors (Lipinski definition) is 2. The number of alkyl halides is 1. The third kappa shape index (κ3) is 1.99. The summed E-state index contributed by atoms with van der Waals surface area (Å²) in [6.07, 6.45) is 3.52. The lowest BCUT2D eigenvalue weighted by atomic mass is 10.1. The molecule has 116 valence electrons. The number of rotatable bonds is 2. The Balaban J connectivity index is 1.64. The number of halogens is 2. The smallest absolute Gasteiger partial charge is 0.159 e. The van der Waals surface area contributed by atoms with E-state index in [4.69, 9.17) is 0 Å². The Morgan fingerprint density at radius 3 is 2.74 bits per heavy atom. The fourth-order valence-electron chi connectivity index (χ4n) is 3.42. The van der Waals surface area contributed by atoms with Crippen molar-refractivity contribution in [2.45, 2.75) is 37.9 Å². The molecule has 2 aromatic heterocycles. The molecule has 1 atom stereocenters. The van der Waals surface area contributed by atoms with Crippen molar-refractivity contribution in [2.24, 2.45) is 0 Å². The second-order valence-corrected chi connectivity index (χ2v) is 6.44. The van der Waals surface area contributed by atoms with Gasteiger partial charge >= 0.3 is 0 Å². The van der Waals surface area contributed by atoms with Gasteiger partial charge in [0, 0.05) is 48.0 Å². The summed E-state index contributed by atoms with van der Waals surface area (Å²) in [7, 11) is 0. The summed E-state index contributed by atoms with van der Waals surface area (Å²) in [5, 5.41) is 0. The van der Waals surface area contributed by atoms with Crippen LogP contribution in [0.3, 0.4) is 0 Å². The molecule has 1 aliphatic carbocycles. The maximum absolute atomic E-state index is 14.5. The minimum absolute atomic E-state index is 0.342. The molecule has 1 aliphatic heterocycles. The van der Waals surface area contributed by atoms with E-state index < -0.39 is 6.17 Å². The van der Waals surface area contributed by atoms with Gasteiger partial charge in [-0.25, -0.2) is 13.8 Å². The van der Waals surface area contributed by atoms with Crippen LogP contribution in [0.15, 0.2) is 30.5 Å². The normalized spacial score (nSPS) is 20.2. The standard InChI is InChI=1S/C18H15F2N3/c19-13-5-6-23-17-7-12(14(20)8-16(17)22-18(13)23)11-3-4-15(21-9-11)10-1-2-10/h3-4,7-10,13H,1-2,5-6H2. The minimum Gasteiger partial charge on any atom is -0.325 e. The van der Waals surface area contributed by atoms with Gasteiger partial charge in [0.25, 0.3) is 0 Å². The lowest BCUT2D eigenvalue weighted by Crippen LogP contribution is -1.94. The Morgan fingerprint density at radius 2 is 2.00 bits per heavy atom. The average molecular weight is 311 g/mol. The van der Waals surface area contributed by atoms with Crippen molar-refractivity contribution in [3.63, 3.8) is 0 Å². The van der Waals surface area contributed by atoms with Gasteiger partial charge < -0.3 is 4.57 Å². The molecule has 0 bridgehead atoms. The first kappa shape index (κ1) is 13.2. The van der Waals surface area contributed by atoms with E-state index in [2.05, 4.69) is 9.97 Å². The maximum Gasteiger partial charge on any atom is 0.159 e. The first-order chi connectivity index (χ1) is 11.2. The van der Waals surface area contributed by atoms with Crippen LogP contribution in [0, 0.1) is 5.82 Å². The van der Waals surface area contributed by atoms with Gasteiger partial charge in [-0.3, -0.25) is 4.98 Å². The van der Waals surface area contributed by atoms with E-state index in [1.54, 1.807) is 12.3 Å². The van der Waals surface area contributed by atoms with Crippen LogP contribution >= 0.6 is 0 Å². The number of hydrogen-bond donors (Lipinski definition) is 0. The minimum atomic E-state index is -1.05. The molecule has 3 nitrogen and oxygen atoms in total. The Morgan fingerprint density at radius 1 is 1.13 bits per heavy atom. The second kappa shape index (κ2) is 4.60. The Hall–Kier alpha value is -2.30. The zero-order valence-electron chi connectivity index (χ0n) is 12.5. The number of aromatic nitrogens is 3. The molecule has 3 heterocycles. The summed E-state index contributed by atoms with van der Waals surface area (Å²) in [5.41, 5.74) is 3.64. The number of pyridine rings is 1. The van der Waals surface area contributed by atoms with Crippen LogP contribution < -0.4 is 0 Å². The Bertz CT molecular complexity index is 910. The molecule has 5 rings (SSSR count). The highest BCUT2D eigenvalue weighted by molar-refractivity contribution is 5.83. The van der Waals surface area contributed by atoms with Crippen molar-refractivity contribution >= 4 is 11.0 Å². The summed E-state index contributed by atoms with van der Waals surface area (Å²) in [4.78, 5) is 8.71. The number of benzene rings is 1. The van der Waals surface area contributed by atoms with Gasteiger partial charge in [0.1, 0.15) is 11.6 Å². The van der Waals surface area contributed by atoms with Crippen LogP contribution in [0.2, 0.25) is 0 Å². The van der Waals surface area contributed by atoms with E-state index in [9.17, 15) is 8.78 Å². The molecule has 23 heavy (non-hydrogen) atoms. The van der Waals surface area contributed by atoms with Crippen LogP contribution in [0.1, 0.15) is 42.9 Å². The average Bonchev–Trinajstić information content (AvgIpc) is 3.26. The molecule has 1 fully saturated rings. The number of aryl methyl sites for hydroxylation is 1. The monoisotopic (exact) mass is 311 g/mol. The topological polar surface area (TPSA) is 30.7 Å². The summed E-state index contributed by atoms with van der Waals surface area (Å²) < 4.78 is 30.1. The first-order valence-electron chi connectivity index (χ1n) is 8.01. The van der Waals surface area contributed by atoms with E-state index in [-0.39, 0.29) is 5.82 Å². The first-order valence-corrected chi connectivity index (χ1v) is 8.01. The van der Waals surface area contributed by atoms with Crippen LogP contribution in [-0.4, -0.2) is 14.5 Å². The lowest BCUT2D eigenvalue weighted by molar-refractivity contribution is 0.338. The number of fused-ring (bicyclic) bond motifs is 3. The Kier molecular flexibility index (Phi) is 2.63. The molecule has 0 spiro atoms. The molecular weight excluding hydrogens is 296 g/mol. The fourth-order valence-corrected chi connectivity index (χ4v) is 3.42. The molecule has 0 saturated heterocycles. The predicted octanol–water partition coefficient (Wildman–Crippen LogP) is 4.53. The molecular formula is C18H15F2N3. The van der Waals surface area contributed by atoms with Crippen molar-refractivity contribution in [3.05, 3.63) is 47.8 Å². The summed E-state index contributed by atoms with van der Waals surface area (Å²) in [6.45, 7) is 0.594. The SMILES string of the molecule is Fc1cc2nc3n(c2cc1-c1ccc(C2CC2)nc1)CCC3F. The number of imidazole rings is 1. The van der Waals surface area contributed by atoms with Gasteiger partial charge in [0.15, 0.2) is 6.17 Å². The van der Waals surface area contributed by atoms with Crippen molar-refractivity contribution in [1.29, 1.82) is 0 Å². The van der Waals surface area contributed by atoms with E-state index in [0.29, 0.717) is 35.8 Å². The van der Waals surface area contributed by atoms with E-state index >= 15 is 0 Å². The van der Waals surface area contributed by atoms with Crippen LogP contribution in [0.5, 0.6) is 0 Å². The molecule has 1 aromatic carbocycles. The summed E-state index contributed by atoms with van der Waals surface area (Å²) in [5.74, 6) is 0.653. The molecule has 0 amide bonds. The Labute approximate surface area is 132 Å². The molecule has 0 N–H and O–H groups in total. The second-order valence-electron chi connectivity index (χ2n) is 6.44. The highest BCUT2D eigenvalue weighted by Crippen LogP contribution is 2.40. The molecule has 5 heteroatoms. The zero-order chi connectivity index (χ0) is 15.6. The highest BCUT2D eigenvalue weighted by Gasteiger charge is 2.27. The maximum atomic E-state index is 14.5. The van der Waals surface area contributed by atoms with Gasteiger partial charge in [-0.05, 0) is 25.0 Å². The molecule has 1 saturated carbocycles. The van der Waals surface area contributed by atoms with E-state index in [1.165, 1.54) is 18.9 Å². The highest BCUT2D eigenvalue weighted by atomic mass is 19.1. The van der Waals surface area contributed by atoms with Crippen molar-refractivity contribution in [2.75, 3.05) is 0 Å². The third-order valence-corrected chi connectivity index (χ3v) is 4.85. The third-order valence-electron chi connectivity index (χ3n) is 4.85. The number of nitrogens with zero attached hydrogens (tertiary/aromatic N) is 3. The molecule has 1 unspecified atom stereocenters. The van der Waals surface area contributed by atoms with Gasteiger partial charge in [-0.2, -0.15) is 0 Å². The van der Waals surface area contributed by atoms with Crippen molar-refractivity contribution in [1.82, 2.24) is 14.5 Å². The fraction of sp³-hybridized carbons (Fsp3) is 0.333. The molecule has 2 aliphatic rings. The van der Waals surface area contributed by atoms with E-state index in [0.717, 1.165) is 16.8 Å². The van der Waals surface area contributed by atoms with E-state index in [1.807, 2.05) is 16.7 Å². The van der Waals surface area contributed by atoms with Gasteiger partial charge in [-0.1, -0.05) is 6.07 Å². The largest absolute Gasteiger partial charge is 0.325 e. The summed E-state index contributed by atoms with van der Waals surface area (Å²) in [6, 6.07) is 7.07. The van der Waals surface area contributed by atoms with Crippen LogP contribution in [0.4, 0.5) is 8.78 Å². The van der Waals surface area contributed by atoms with Crippen LogP contribution in [0.25, 0.3) is 22.2 Å². The lowest BCUT2D eigenvalue weighted by Gasteiger charge is -2.06. The zero-order valence-corrected chi connectivity index (χ0v) is 12.5. The van der Waals surface area contributed by atoms with Crippen molar-refractivity contribution < 1.29 is 8.78 Å². The van der Waals surface area contributed by atoms with Crippen molar-refractivity contribution in [3.8, 4) is 11.1 Å². The molecule has 3 aromatic rings.